The van der Waals surface area contributed by atoms with Gasteiger partial charge in [-0.1, -0.05) is 34.1 Å². The fourth-order valence-corrected chi connectivity index (χ4v) is 4.79. The molecule has 0 N–H and O–H groups in total. The first-order chi connectivity index (χ1) is 16.5. The third-order valence-electron chi connectivity index (χ3n) is 6.05. The number of Topliss-reactive ketones (excluding diaryl/α,β-unsaturated/α-hetero) is 1. The summed E-state index contributed by atoms with van der Waals surface area (Å²) in [6.45, 7) is 3.59. The van der Waals surface area contributed by atoms with Crippen LogP contribution in [0.5, 0.6) is 23.0 Å². The van der Waals surface area contributed by atoms with Crippen molar-refractivity contribution in [2.24, 2.45) is 0 Å². The van der Waals surface area contributed by atoms with E-state index in [0.717, 1.165) is 38.2 Å². The Kier molecular flexibility index (Phi) is 6.06. The van der Waals surface area contributed by atoms with Gasteiger partial charge in [0.1, 0.15) is 29.7 Å². The molecule has 34 heavy (non-hydrogen) atoms. The van der Waals surface area contributed by atoms with Gasteiger partial charge >= 0.3 is 0 Å². The summed E-state index contributed by atoms with van der Waals surface area (Å²) in [5, 5.41) is 0. The van der Waals surface area contributed by atoms with Crippen LogP contribution in [0, 0.1) is 6.92 Å². The van der Waals surface area contributed by atoms with E-state index in [9.17, 15) is 4.79 Å². The summed E-state index contributed by atoms with van der Waals surface area (Å²) in [5.74, 6) is 2.95. The monoisotopic (exact) mass is 521 g/mol. The third-order valence-corrected chi connectivity index (χ3v) is 6.55. The largest absolute Gasteiger partial charge is 0.496 e. The van der Waals surface area contributed by atoms with Crippen LogP contribution in [-0.4, -0.2) is 31.6 Å². The highest BCUT2D eigenvalue weighted by Gasteiger charge is 2.35. The summed E-state index contributed by atoms with van der Waals surface area (Å²) in [5.41, 5.74) is 4.12. The van der Waals surface area contributed by atoms with Gasteiger partial charge in [-0.2, -0.15) is 0 Å². The van der Waals surface area contributed by atoms with Crippen molar-refractivity contribution in [1.82, 2.24) is 4.90 Å². The van der Waals surface area contributed by atoms with Gasteiger partial charge in [-0.3, -0.25) is 9.69 Å². The highest BCUT2D eigenvalue weighted by molar-refractivity contribution is 9.10. The van der Waals surface area contributed by atoms with Crippen molar-refractivity contribution in [3.8, 4) is 23.0 Å². The minimum absolute atomic E-state index is 0.140. The van der Waals surface area contributed by atoms with Crippen molar-refractivity contribution in [2.75, 3.05) is 21.0 Å². The van der Waals surface area contributed by atoms with E-state index in [4.69, 9.17) is 18.9 Å². The van der Waals surface area contributed by atoms with Gasteiger partial charge in [0.05, 0.1) is 25.3 Å². The van der Waals surface area contributed by atoms with E-state index in [1.807, 2.05) is 55.5 Å². The van der Waals surface area contributed by atoms with Crippen molar-refractivity contribution < 1.29 is 23.7 Å². The number of nitrogens with zero attached hydrogens (tertiary/aromatic N) is 1. The summed E-state index contributed by atoms with van der Waals surface area (Å²) in [7, 11) is 3.27. The van der Waals surface area contributed by atoms with Gasteiger partial charge in [-0.15, -0.1) is 0 Å². The van der Waals surface area contributed by atoms with Gasteiger partial charge in [0.25, 0.3) is 0 Å². The van der Waals surface area contributed by atoms with Crippen LogP contribution in [0.4, 0.5) is 0 Å². The molecule has 2 heterocycles. The molecule has 174 valence electrons. The second-order valence-corrected chi connectivity index (χ2v) is 9.19. The molecule has 0 amide bonds. The molecule has 2 aliphatic heterocycles. The molecule has 0 bridgehead atoms. The number of fused-ring (bicyclic) bond motifs is 3. The van der Waals surface area contributed by atoms with Gasteiger partial charge in [0, 0.05) is 28.7 Å². The topological polar surface area (TPSA) is 57.2 Å². The van der Waals surface area contributed by atoms with Gasteiger partial charge in [0.15, 0.2) is 5.76 Å². The molecule has 5 rings (SSSR count). The smallest absolute Gasteiger partial charge is 0.232 e. The Balaban J connectivity index is 1.48. The number of hydrogen-bond donors (Lipinski definition) is 0. The molecule has 3 aromatic rings. The van der Waals surface area contributed by atoms with Gasteiger partial charge in [0.2, 0.25) is 5.78 Å². The first kappa shape index (κ1) is 22.5. The lowest BCUT2D eigenvalue weighted by molar-refractivity contribution is 0.0864. The molecule has 0 radical (unpaired) electrons. The zero-order valence-electron chi connectivity index (χ0n) is 19.2. The summed E-state index contributed by atoms with van der Waals surface area (Å²) in [4.78, 5) is 15.5. The van der Waals surface area contributed by atoms with E-state index >= 15 is 0 Å². The molecule has 0 saturated carbocycles. The molecule has 0 fully saturated rings. The number of benzene rings is 3. The normalized spacial score (nSPS) is 16.0. The number of hydrogen-bond acceptors (Lipinski definition) is 6. The fraction of sp³-hybridized carbons (Fsp3) is 0.222. The number of para-hydroxylation sites is 1. The number of carbonyl (C=O) groups excluding carboxylic acids is 1. The first-order valence-corrected chi connectivity index (χ1v) is 11.7. The lowest BCUT2D eigenvalue weighted by Crippen LogP contribution is -2.32. The number of ketones is 1. The summed E-state index contributed by atoms with van der Waals surface area (Å²) in [6, 6.07) is 15.5. The van der Waals surface area contributed by atoms with Crippen molar-refractivity contribution >= 4 is 27.8 Å². The molecule has 2 aliphatic rings. The predicted molar refractivity (Wildman–Crippen MR) is 133 cm³/mol. The fourth-order valence-electron chi connectivity index (χ4n) is 4.41. The van der Waals surface area contributed by atoms with E-state index in [2.05, 4.69) is 20.8 Å². The third kappa shape index (κ3) is 4.06. The second kappa shape index (κ2) is 9.16. The average molecular weight is 522 g/mol. The van der Waals surface area contributed by atoms with Crippen LogP contribution in [0.1, 0.15) is 32.6 Å². The van der Waals surface area contributed by atoms with E-state index in [0.29, 0.717) is 36.9 Å². The van der Waals surface area contributed by atoms with Crippen molar-refractivity contribution in [2.45, 2.75) is 20.0 Å². The molecule has 0 saturated heterocycles. The summed E-state index contributed by atoms with van der Waals surface area (Å²) < 4.78 is 24.1. The van der Waals surface area contributed by atoms with Crippen molar-refractivity contribution in [3.63, 3.8) is 0 Å². The van der Waals surface area contributed by atoms with Crippen molar-refractivity contribution in [1.29, 1.82) is 0 Å². The first-order valence-electron chi connectivity index (χ1n) is 10.9. The number of rotatable bonds is 5. The molecule has 0 aliphatic carbocycles. The quantitative estimate of drug-likeness (QED) is 0.399. The molecule has 3 aromatic carbocycles. The molecule has 7 heteroatoms. The van der Waals surface area contributed by atoms with Gasteiger partial charge < -0.3 is 18.9 Å². The molecular formula is C27H24BrNO5. The van der Waals surface area contributed by atoms with Crippen LogP contribution < -0.4 is 18.9 Å². The number of methoxy groups -OCH3 is 2. The maximum Gasteiger partial charge on any atom is 0.232 e. The number of carbonyl (C=O) groups is 1. The maximum absolute atomic E-state index is 13.3. The van der Waals surface area contributed by atoms with Gasteiger partial charge in [-0.05, 0) is 48.9 Å². The van der Waals surface area contributed by atoms with Crippen LogP contribution in [0.25, 0.3) is 6.08 Å². The average Bonchev–Trinajstić information content (AvgIpc) is 3.17. The standard InChI is InChI=1S/C27H24BrNO5/c1-16-10-23-20(14-29(15-33-23)13-17-6-4-5-7-21(17)31-2)27-25(16)26(30)24(34-27)12-18-11-19(28)8-9-22(18)32-3/h4-12H,13-15H2,1-3H3/b24-12-. The number of ether oxygens (including phenoxy) is 4. The highest BCUT2D eigenvalue weighted by Crippen LogP contribution is 2.44. The number of allylic oxidation sites excluding steroid dienone is 1. The molecule has 0 spiro atoms. The zero-order valence-corrected chi connectivity index (χ0v) is 20.8. The Labute approximate surface area is 206 Å². The van der Waals surface area contributed by atoms with Crippen LogP contribution in [0.3, 0.4) is 0 Å². The molecule has 6 nitrogen and oxygen atoms in total. The van der Waals surface area contributed by atoms with Crippen LogP contribution >= 0.6 is 15.9 Å². The maximum atomic E-state index is 13.3. The predicted octanol–water partition coefficient (Wildman–Crippen LogP) is 5.74. The Morgan fingerprint density at radius 3 is 2.68 bits per heavy atom. The number of aryl methyl sites for hydroxylation is 1. The van der Waals surface area contributed by atoms with Gasteiger partial charge in [-0.25, -0.2) is 0 Å². The summed E-state index contributed by atoms with van der Waals surface area (Å²) in [6.07, 6.45) is 1.73. The lowest BCUT2D eigenvalue weighted by atomic mass is 9.98. The molecule has 0 aromatic heterocycles. The van der Waals surface area contributed by atoms with Crippen LogP contribution in [-0.2, 0) is 13.1 Å². The van der Waals surface area contributed by atoms with Crippen LogP contribution in [0.2, 0.25) is 0 Å². The van der Waals surface area contributed by atoms with Crippen molar-refractivity contribution in [3.05, 3.63) is 86.6 Å². The Morgan fingerprint density at radius 1 is 1.09 bits per heavy atom. The summed E-state index contributed by atoms with van der Waals surface area (Å²) >= 11 is 3.48. The van der Waals surface area contributed by atoms with E-state index in [1.165, 1.54) is 0 Å². The van der Waals surface area contributed by atoms with E-state index < -0.39 is 0 Å². The zero-order chi connectivity index (χ0) is 23.8. The van der Waals surface area contributed by atoms with E-state index in [1.54, 1.807) is 20.3 Å². The molecular weight excluding hydrogens is 498 g/mol. The Morgan fingerprint density at radius 2 is 1.88 bits per heavy atom. The SMILES string of the molecule is COc1ccc(Br)cc1/C=C1\Oc2c3c(cc(C)c2C1=O)OCN(Cc1ccccc1OC)C3. The minimum Gasteiger partial charge on any atom is -0.496 e. The Bertz CT molecular complexity index is 1320. The second-order valence-electron chi connectivity index (χ2n) is 8.27. The van der Waals surface area contributed by atoms with E-state index in [-0.39, 0.29) is 11.5 Å². The minimum atomic E-state index is -0.140. The highest BCUT2D eigenvalue weighted by atomic mass is 79.9. The molecule has 0 unspecified atom stereocenters. The lowest BCUT2D eigenvalue weighted by Gasteiger charge is -2.30. The molecule has 0 atom stereocenters. The Hall–Kier alpha value is -3.29. The van der Waals surface area contributed by atoms with Crippen LogP contribution in [0.15, 0.2) is 58.8 Å². The number of halogens is 1.